The van der Waals surface area contributed by atoms with Crippen LogP contribution < -0.4 is 0 Å². The zero-order valence-corrected chi connectivity index (χ0v) is 31.2. The summed E-state index contributed by atoms with van der Waals surface area (Å²) in [5, 5.41) is 11.9. The highest BCUT2D eigenvalue weighted by atomic mass is 16.3. The number of para-hydroxylation sites is 2. The Kier molecular flexibility index (Phi) is 7.72. The molecule has 270 valence electrons. The standard InChI is InChI=1S/C52H36N4O/c53-32-33-19-28-44-43(31-33)47-39(14-10-17-45(47)52(44)29-7-2-8-30-52)36-24-20-34(21-25-36)35-22-26-38(27-23-35)50-54-49(37-11-3-1-4-12-37)55-51(56-50)42-16-9-15-41-40-13-5-6-18-46(40)57-48(41)42/h1,3-6,9-28,31H,2,7-8,29-30H2. The van der Waals surface area contributed by atoms with Crippen LogP contribution in [0.5, 0.6) is 0 Å². The fourth-order valence-corrected chi connectivity index (χ4v) is 9.48. The second-order valence-corrected chi connectivity index (χ2v) is 15.4. The van der Waals surface area contributed by atoms with Crippen LogP contribution in [-0.4, -0.2) is 15.0 Å². The smallest absolute Gasteiger partial charge is 0.167 e. The van der Waals surface area contributed by atoms with Crippen LogP contribution >= 0.6 is 0 Å². The molecular formula is C52H36N4O. The third-order valence-corrected chi connectivity index (χ3v) is 12.2. The Morgan fingerprint density at radius 2 is 1.09 bits per heavy atom. The van der Waals surface area contributed by atoms with Gasteiger partial charge in [0.05, 0.1) is 17.2 Å². The van der Waals surface area contributed by atoms with Crippen LogP contribution in [0.15, 0.2) is 162 Å². The van der Waals surface area contributed by atoms with Gasteiger partial charge in [-0.2, -0.15) is 5.26 Å². The first kappa shape index (κ1) is 33.2. The van der Waals surface area contributed by atoms with Crippen LogP contribution in [0.4, 0.5) is 0 Å². The van der Waals surface area contributed by atoms with E-state index in [2.05, 4.69) is 97.1 Å². The average molecular weight is 733 g/mol. The largest absolute Gasteiger partial charge is 0.455 e. The first-order valence-corrected chi connectivity index (χ1v) is 19.8. The fraction of sp³-hybridized carbons (Fsp3) is 0.115. The number of rotatable bonds is 5. The van der Waals surface area contributed by atoms with Crippen molar-refractivity contribution in [1.82, 2.24) is 15.0 Å². The molecule has 1 saturated carbocycles. The SMILES string of the molecule is N#Cc1ccc2c(c1)-c1c(-c3ccc(-c4ccc(-c5nc(-c6ccccc6)nc(-c6cccc7c6oc6ccccc67)n5)cc4)cc3)cccc1C21CCCCC1. The van der Waals surface area contributed by atoms with Crippen molar-refractivity contribution in [1.29, 1.82) is 5.26 Å². The number of nitriles is 1. The van der Waals surface area contributed by atoms with E-state index in [1.165, 1.54) is 52.6 Å². The van der Waals surface area contributed by atoms with Gasteiger partial charge in [0.1, 0.15) is 11.2 Å². The predicted molar refractivity (Wildman–Crippen MR) is 228 cm³/mol. The van der Waals surface area contributed by atoms with Crippen molar-refractivity contribution in [2.75, 3.05) is 0 Å². The molecule has 2 aliphatic carbocycles. The van der Waals surface area contributed by atoms with Gasteiger partial charge in [0.2, 0.25) is 0 Å². The average Bonchev–Trinajstić information content (AvgIpc) is 3.80. The Hall–Kier alpha value is -7.16. The Bertz CT molecular complexity index is 3040. The third kappa shape index (κ3) is 5.40. The van der Waals surface area contributed by atoms with Crippen molar-refractivity contribution in [3.05, 3.63) is 174 Å². The lowest BCUT2D eigenvalue weighted by molar-refractivity contribution is 0.353. The number of benzene rings is 7. The second kappa shape index (κ2) is 13.3. The summed E-state index contributed by atoms with van der Waals surface area (Å²) in [6, 6.07) is 57.2. The topological polar surface area (TPSA) is 75.6 Å². The molecule has 0 aliphatic heterocycles. The van der Waals surface area contributed by atoms with E-state index in [-0.39, 0.29) is 5.41 Å². The number of hydrogen-bond acceptors (Lipinski definition) is 5. The molecule has 0 N–H and O–H groups in total. The molecule has 5 nitrogen and oxygen atoms in total. The van der Waals surface area contributed by atoms with Crippen LogP contribution in [0.1, 0.15) is 48.8 Å². The molecule has 1 fully saturated rings. The van der Waals surface area contributed by atoms with Gasteiger partial charge in [-0.1, -0.05) is 153 Å². The monoisotopic (exact) mass is 732 g/mol. The maximum atomic E-state index is 9.84. The summed E-state index contributed by atoms with van der Waals surface area (Å²) in [6.07, 6.45) is 6.08. The predicted octanol–water partition coefficient (Wildman–Crippen LogP) is 13.2. The van der Waals surface area contributed by atoms with Crippen LogP contribution in [0.25, 0.3) is 89.5 Å². The highest BCUT2D eigenvalue weighted by molar-refractivity contribution is 6.09. The van der Waals surface area contributed by atoms with Crippen LogP contribution in [0.2, 0.25) is 0 Å². The van der Waals surface area contributed by atoms with E-state index in [1.54, 1.807) is 0 Å². The van der Waals surface area contributed by atoms with E-state index in [0.717, 1.165) is 68.2 Å². The van der Waals surface area contributed by atoms with Gasteiger partial charge < -0.3 is 4.42 Å². The van der Waals surface area contributed by atoms with Gasteiger partial charge in [-0.05, 0) is 81.6 Å². The lowest BCUT2D eigenvalue weighted by Gasteiger charge is -2.36. The summed E-state index contributed by atoms with van der Waals surface area (Å²) in [5.74, 6) is 1.77. The Morgan fingerprint density at radius 3 is 1.84 bits per heavy atom. The second-order valence-electron chi connectivity index (χ2n) is 15.4. The molecule has 0 saturated heterocycles. The molecule has 0 bridgehead atoms. The van der Waals surface area contributed by atoms with Gasteiger partial charge in [-0.3, -0.25) is 0 Å². The highest BCUT2D eigenvalue weighted by Gasteiger charge is 2.44. The summed E-state index contributed by atoms with van der Waals surface area (Å²) in [5.41, 5.74) is 15.0. The molecule has 2 aliphatic rings. The van der Waals surface area contributed by atoms with Crippen LogP contribution in [0.3, 0.4) is 0 Å². The number of nitrogens with zero attached hydrogens (tertiary/aromatic N) is 4. The van der Waals surface area contributed by atoms with Crippen molar-refractivity contribution >= 4 is 21.9 Å². The third-order valence-electron chi connectivity index (χ3n) is 12.2. The van der Waals surface area contributed by atoms with Gasteiger partial charge in [-0.15, -0.1) is 0 Å². The quantitative estimate of drug-likeness (QED) is 0.176. The highest BCUT2D eigenvalue weighted by Crippen LogP contribution is 2.58. The molecule has 0 atom stereocenters. The van der Waals surface area contributed by atoms with Gasteiger partial charge in [0.15, 0.2) is 17.5 Å². The lowest BCUT2D eigenvalue weighted by atomic mass is 9.67. The maximum Gasteiger partial charge on any atom is 0.167 e. The first-order valence-electron chi connectivity index (χ1n) is 19.8. The minimum atomic E-state index is 0.0382. The molecule has 9 aromatic rings. The molecule has 1 spiro atoms. The molecule has 0 unspecified atom stereocenters. The van der Waals surface area contributed by atoms with Crippen molar-refractivity contribution < 1.29 is 4.42 Å². The number of furan rings is 1. The molecule has 0 amide bonds. The maximum absolute atomic E-state index is 9.84. The molecule has 7 aromatic carbocycles. The molecule has 0 radical (unpaired) electrons. The van der Waals surface area contributed by atoms with Crippen molar-refractivity contribution in [2.24, 2.45) is 0 Å². The Labute approximate surface area is 331 Å². The Morgan fingerprint density at radius 1 is 0.474 bits per heavy atom. The van der Waals surface area contributed by atoms with E-state index in [4.69, 9.17) is 19.4 Å². The molecule has 57 heavy (non-hydrogen) atoms. The summed E-state index contributed by atoms with van der Waals surface area (Å²) in [4.78, 5) is 15.0. The molecular weight excluding hydrogens is 697 g/mol. The van der Waals surface area contributed by atoms with Crippen LogP contribution in [0, 0.1) is 11.3 Å². The van der Waals surface area contributed by atoms with Crippen LogP contribution in [-0.2, 0) is 5.41 Å². The summed E-state index contributed by atoms with van der Waals surface area (Å²) >= 11 is 0. The van der Waals surface area contributed by atoms with Gasteiger partial charge >= 0.3 is 0 Å². The zero-order chi connectivity index (χ0) is 37.9. The Balaban J connectivity index is 0.953. The van der Waals surface area contributed by atoms with E-state index in [1.807, 2.05) is 66.7 Å². The van der Waals surface area contributed by atoms with Crippen molar-refractivity contribution in [3.63, 3.8) is 0 Å². The number of fused-ring (bicyclic) bond motifs is 8. The fourth-order valence-electron chi connectivity index (χ4n) is 9.48. The summed E-state index contributed by atoms with van der Waals surface area (Å²) < 4.78 is 6.39. The van der Waals surface area contributed by atoms with Gasteiger partial charge in [0, 0.05) is 27.3 Å². The van der Waals surface area contributed by atoms with E-state index in [9.17, 15) is 5.26 Å². The minimum absolute atomic E-state index is 0.0382. The van der Waals surface area contributed by atoms with E-state index in [0.29, 0.717) is 17.5 Å². The van der Waals surface area contributed by atoms with Gasteiger partial charge in [-0.25, -0.2) is 15.0 Å². The van der Waals surface area contributed by atoms with Crippen molar-refractivity contribution in [3.8, 4) is 73.6 Å². The van der Waals surface area contributed by atoms with E-state index >= 15 is 0 Å². The molecule has 2 heterocycles. The number of aromatic nitrogens is 3. The number of hydrogen-bond donors (Lipinski definition) is 0. The zero-order valence-electron chi connectivity index (χ0n) is 31.2. The summed E-state index contributed by atoms with van der Waals surface area (Å²) in [7, 11) is 0. The van der Waals surface area contributed by atoms with Crippen molar-refractivity contribution in [2.45, 2.75) is 37.5 Å². The molecule has 5 heteroatoms. The van der Waals surface area contributed by atoms with Gasteiger partial charge in [0.25, 0.3) is 0 Å². The molecule has 2 aromatic heterocycles. The molecule has 11 rings (SSSR count). The summed E-state index contributed by atoms with van der Waals surface area (Å²) in [6.45, 7) is 0. The van der Waals surface area contributed by atoms with E-state index < -0.39 is 0 Å². The first-order chi connectivity index (χ1) is 28.2. The normalized spacial score (nSPS) is 14.1. The lowest BCUT2D eigenvalue weighted by Crippen LogP contribution is -2.28. The minimum Gasteiger partial charge on any atom is -0.455 e.